The number of oxazole rings is 1. The average Bonchev–Trinajstić information content (AvgIpc) is 2.84. The van der Waals surface area contributed by atoms with E-state index < -0.39 is 11.7 Å². The minimum Gasteiger partial charge on any atom is -0.441 e. The highest BCUT2D eigenvalue weighted by atomic mass is 19.4. The summed E-state index contributed by atoms with van der Waals surface area (Å²) in [4.78, 5) is 4.27. The first-order valence-corrected chi connectivity index (χ1v) is 7.16. The first kappa shape index (κ1) is 16.5. The van der Waals surface area contributed by atoms with Crippen LogP contribution in [0.2, 0.25) is 0 Å². The lowest BCUT2D eigenvalue weighted by molar-refractivity contribution is -0.137. The Morgan fingerprint density at radius 2 is 1.77 bits per heavy atom. The number of aryl methyl sites for hydroxylation is 2. The summed E-state index contributed by atoms with van der Waals surface area (Å²) in [5, 5.41) is 8.73. The zero-order chi connectivity index (χ0) is 16.2. The fourth-order valence-corrected chi connectivity index (χ4v) is 2.16. The second-order valence-corrected chi connectivity index (χ2v) is 5.14. The predicted molar refractivity (Wildman–Crippen MR) is 76.3 cm³/mol. The number of benzene rings is 1. The third-order valence-corrected chi connectivity index (χ3v) is 3.41. The van der Waals surface area contributed by atoms with Crippen molar-refractivity contribution in [3.63, 3.8) is 0 Å². The summed E-state index contributed by atoms with van der Waals surface area (Å²) in [7, 11) is 0. The third-order valence-electron chi connectivity index (χ3n) is 3.41. The van der Waals surface area contributed by atoms with Crippen LogP contribution in [0.4, 0.5) is 13.2 Å². The molecule has 0 saturated heterocycles. The van der Waals surface area contributed by atoms with Crippen LogP contribution in [0, 0.1) is 6.92 Å². The van der Waals surface area contributed by atoms with E-state index in [9.17, 15) is 13.2 Å². The Kier molecular flexibility index (Phi) is 5.24. The van der Waals surface area contributed by atoms with Gasteiger partial charge in [-0.15, -0.1) is 0 Å². The average molecular weight is 313 g/mol. The number of aliphatic hydroxyl groups is 1. The Bertz CT molecular complexity index is 603. The second-order valence-electron chi connectivity index (χ2n) is 5.14. The molecule has 0 saturated carbocycles. The molecule has 0 spiro atoms. The van der Waals surface area contributed by atoms with Crippen molar-refractivity contribution in [3.05, 3.63) is 41.3 Å². The Labute approximate surface area is 126 Å². The van der Waals surface area contributed by atoms with E-state index in [1.165, 1.54) is 12.1 Å². The van der Waals surface area contributed by atoms with Gasteiger partial charge in [0.15, 0.2) is 0 Å². The largest absolute Gasteiger partial charge is 0.441 e. The Morgan fingerprint density at radius 3 is 2.36 bits per heavy atom. The van der Waals surface area contributed by atoms with Crippen LogP contribution in [-0.2, 0) is 12.6 Å². The maximum Gasteiger partial charge on any atom is 0.416 e. The van der Waals surface area contributed by atoms with Crippen molar-refractivity contribution < 1.29 is 22.7 Å². The van der Waals surface area contributed by atoms with E-state index in [2.05, 4.69) is 4.98 Å². The summed E-state index contributed by atoms with van der Waals surface area (Å²) >= 11 is 0. The number of unbranched alkanes of at least 4 members (excludes halogenated alkanes) is 2. The van der Waals surface area contributed by atoms with Crippen LogP contribution in [0.25, 0.3) is 11.5 Å². The first-order valence-electron chi connectivity index (χ1n) is 7.16. The van der Waals surface area contributed by atoms with Crippen molar-refractivity contribution in [1.82, 2.24) is 4.98 Å². The molecule has 2 rings (SSSR count). The van der Waals surface area contributed by atoms with Crippen LogP contribution < -0.4 is 0 Å². The van der Waals surface area contributed by atoms with Crippen molar-refractivity contribution in [2.24, 2.45) is 0 Å². The van der Waals surface area contributed by atoms with Crippen LogP contribution in [0.15, 0.2) is 28.7 Å². The minimum absolute atomic E-state index is 0.173. The predicted octanol–water partition coefficient (Wildman–Crippen LogP) is 4.37. The molecular weight excluding hydrogens is 295 g/mol. The number of hydrogen-bond donors (Lipinski definition) is 1. The van der Waals surface area contributed by atoms with Gasteiger partial charge < -0.3 is 9.52 Å². The van der Waals surface area contributed by atoms with Crippen molar-refractivity contribution in [3.8, 4) is 11.5 Å². The lowest BCUT2D eigenvalue weighted by Gasteiger charge is -2.06. The van der Waals surface area contributed by atoms with Crippen LogP contribution >= 0.6 is 0 Å². The smallest absolute Gasteiger partial charge is 0.416 e. The second kappa shape index (κ2) is 6.96. The highest BCUT2D eigenvalue weighted by Crippen LogP contribution is 2.31. The molecule has 0 radical (unpaired) electrons. The highest BCUT2D eigenvalue weighted by molar-refractivity contribution is 5.54. The summed E-state index contributed by atoms with van der Waals surface area (Å²) in [6.07, 6.45) is -1.11. The van der Waals surface area contributed by atoms with Gasteiger partial charge in [0.2, 0.25) is 5.89 Å². The first-order chi connectivity index (χ1) is 10.4. The number of halogens is 3. The van der Waals surface area contributed by atoms with Crippen molar-refractivity contribution in [2.75, 3.05) is 6.61 Å². The van der Waals surface area contributed by atoms with Gasteiger partial charge in [-0.1, -0.05) is 6.42 Å². The molecule has 1 aromatic carbocycles. The minimum atomic E-state index is -4.34. The fraction of sp³-hybridized carbons (Fsp3) is 0.438. The van der Waals surface area contributed by atoms with Gasteiger partial charge in [-0.2, -0.15) is 13.2 Å². The molecule has 0 aliphatic heterocycles. The molecule has 0 fully saturated rings. The van der Waals surface area contributed by atoms with E-state index >= 15 is 0 Å². The van der Waals surface area contributed by atoms with Crippen molar-refractivity contribution in [1.29, 1.82) is 0 Å². The third kappa shape index (κ3) is 4.10. The number of rotatable bonds is 6. The molecule has 6 heteroatoms. The topological polar surface area (TPSA) is 46.3 Å². The van der Waals surface area contributed by atoms with Gasteiger partial charge in [-0.05, 0) is 44.0 Å². The molecular formula is C16H18F3NO2. The van der Waals surface area contributed by atoms with Crippen LogP contribution in [0.1, 0.15) is 36.3 Å². The zero-order valence-electron chi connectivity index (χ0n) is 12.3. The molecule has 1 aromatic heterocycles. The summed E-state index contributed by atoms with van der Waals surface area (Å²) < 4.78 is 43.3. The molecule has 0 bridgehead atoms. The van der Waals surface area contributed by atoms with Gasteiger partial charge in [-0.25, -0.2) is 4.98 Å². The lowest BCUT2D eigenvalue weighted by Crippen LogP contribution is -2.03. The van der Waals surface area contributed by atoms with Crippen LogP contribution in [-0.4, -0.2) is 16.7 Å². The molecule has 0 aliphatic carbocycles. The van der Waals surface area contributed by atoms with E-state index in [1.54, 1.807) is 0 Å². The maximum atomic E-state index is 12.5. The Hall–Kier alpha value is -1.82. The number of hydrogen-bond acceptors (Lipinski definition) is 3. The fourth-order valence-electron chi connectivity index (χ4n) is 2.16. The van der Waals surface area contributed by atoms with E-state index in [0.29, 0.717) is 17.9 Å². The van der Waals surface area contributed by atoms with E-state index in [0.717, 1.165) is 42.8 Å². The van der Waals surface area contributed by atoms with E-state index in [-0.39, 0.29) is 6.61 Å². The van der Waals surface area contributed by atoms with Crippen molar-refractivity contribution in [2.45, 2.75) is 38.8 Å². The molecule has 0 aliphatic rings. The maximum absolute atomic E-state index is 12.5. The van der Waals surface area contributed by atoms with Gasteiger partial charge >= 0.3 is 6.18 Å². The number of nitrogens with zero attached hydrogens (tertiary/aromatic N) is 1. The quantitative estimate of drug-likeness (QED) is 0.805. The van der Waals surface area contributed by atoms with Gasteiger partial charge in [0.25, 0.3) is 0 Å². The van der Waals surface area contributed by atoms with Gasteiger partial charge in [0.1, 0.15) is 5.76 Å². The van der Waals surface area contributed by atoms with Gasteiger partial charge in [-0.3, -0.25) is 0 Å². The Morgan fingerprint density at radius 1 is 1.09 bits per heavy atom. The molecule has 0 atom stereocenters. The zero-order valence-corrected chi connectivity index (χ0v) is 12.3. The molecule has 0 amide bonds. The highest BCUT2D eigenvalue weighted by Gasteiger charge is 2.30. The van der Waals surface area contributed by atoms with Gasteiger partial charge in [0.05, 0.1) is 11.3 Å². The molecule has 120 valence electrons. The normalized spacial score (nSPS) is 11.9. The van der Waals surface area contributed by atoms with Gasteiger partial charge in [0, 0.05) is 18.6 Å². The van der Waals surface area contributed by atoms with Crippen LogP contribution in [0.3, 0.4) is 0 Å². The standard InChI is InChI=1S/C16H18F3NO2/c1-11-14(5-3-2-4-10-21)22-15(20-11)12-6-8-13(9-7-12)16(17,18)19/h6-9,21H,2-5,10H2,1H3. The van der Waals surface area contributed by atoms with E-state index in [4.69, 9.17) is 9.52 Å². The SMILES string of the molecule is Cc1nc(-c2ccc(C(F)(F)F)cc2)oc1CCCCCO. The van der Waals surface area contributed by atoms with E-state index in [1.807, 2.05) is 6.92 Å². The number of aliphatic hydroxyl groups excluding tert-OH is 1. The Balaban J connectivity index is 2.09. The lowest BCUT2D eigenvalue weighted by atomic mass is 10.1. The monoisotopic (exact) mass is 313 g/mol. The molecule has 1 N–H and O–H groups in total. The van der Waals surface area contributed by atoms with Crippen molar-refractivity contribution >= 4 is 0 Å². The summed E-state index contributed by atoms with van der Waals surface area (Å²) in [5.41, 5.74) is 0.584. The molecule has 0 unspecified atom stereocenters. The molecule has 1 heterocycles. The molecule has 3 nitrogen and oxygen atoms in total. The number of alkyl halides is 3. The summed E-state index contributed by atoms with van der Waals surface area (Å²) in [6.45, 7) is 1.99. The molecule has 2 aromatic rings. The molecule has 22 heavy (non-hydrogen) atoms. The number of aromatic nitrogens is 1. The van der Waals surface area contributed by atoms with Crippen LogP contribution in [0.5, 0.6) is 0 Å². The summed E-state index contributed by atoms with van der Waals surface area (Å²) in [6, 6.07) is 4.78. The summed E-state index contributed by atoms with van der Waals surface area (Å²) in [5.74, 6) is 1.08.